The summed E-state index contributed by atoms with van der Waals surface area (Å²) in [7, 11) is 0. The molecule has 1 aliphatic heterocycles. The maximum atomic E-state index is 14.5. The van der Waals surface area contributed by atoms with Crippen LogP contribution in [0.1, 0.15) is 35.3 Å². The lowest BCUT2D eigenvalue weighted by Crippen LogP contribution is -2.55. The summed E-state index contributed by atoms with van der Waals surface area (Å²) in [5.41, 5.74) is 0.503. The zero-order chi connectivity index (χ0) is 22.7. The zero-order valence-electron chi connectivity index (χ0n) is 16.7. The Morgan fingerprint density at radius 2 is 1.74 bits per heavy atom. The molecule has 5 atom stereocenters. The molecule has 2 aromatic rings. The molecule has 1 aliphatic rings. The molecule has 1 fully saturated rings. The van der Waals surface area contributed by atoms with Gasteiger partial charge in [0.15, 0.2) is 0 Å². The van der Waals surface area contributed by atoms with Crippen LogP contribution in [-0.2, 0) is 11.2 Å². The highest BCUT2D eigenvalue weighted by Gasteiger charge is 2.44. The lowest BCUT2D eigenvalue weighted by atomic mass is 9.89. The van der Waals surface area contributed by atoms with Gasteiger partial charge in [0, 0.05) is 24.1 Å². The molecular weight excluding hydrogens is 412 g/mol. The molecule has 31 heavy (non-hydrogen) atoms. The molecular formula is C22H23F2NO6. The van der Waals surface area contributed by atoms with Crippen LogP contribution in [0.15, 0.2) is 30.3 Å². The van der Waals surface area contributed by atoms with Crippen LogP contribution in [0, 0.1) is 23.0 Å². The predicted octanol–water partition coefficient (Wildman–Crippen LogP) is 1.34. The molecule has 3 rings (SSSR count). The third kappa shape index (κ3) is 4.69. The molecule has 1 heterocycles. The summed E-state index contributed by atoms with van der Waals surface area (Å²) in [4.78, 5) is 0. The van der Waals surface area contributed by atoms with E-state index in [2.05, 4.69) is 0 Å². The minimum atomic E-state index is -1.57. The van der Waals surface area contributed by atoms with Gasteiger partial charge in [0.25, 0.3) is 0 Å². The van der Waals surface area contributed by atoms with Gasteiger partial charge in [0.2, 0.25) is 0 Å². The van der Waals surface area contributed by atoms with Crippen molar-refractivity contribution in [1.29, 1.82) is 5.26 Å². The molecule has 1 saturated heterocycles. The minimum absolute atomic E-state index is 0.0526. The third-order valence-corrected chi connectivity index (χ3v) is 5.26. The summed E-state index contributed by atoms with van der Waals surface area (Å²) in [6.45, 7) is 1.35. The normalized spacial score (nSPS) is 25.8. The van der Waals surface area contributed by atoms with E-state index in [0.29, 0.717) is 5.56 Å². The number of benzene rings is 2. The SMILES string of the molecule is CCOc1cc(F)c(Cc2cc([C@@H]3O[C@H](CO)[C@@H](O)[C@H](O)[C@H]3O)ccc2C#N)c(F)c1. The van der Waals surface area contributed by atoms with Gasteiger partial charge in [-0.1, -0.05) is 12.1 Å². The van der Waals surface area contributed by atoms with Crippen LogP contribution in [-0.4, -0.2) is 58.1 Å². The van der Waals surface area contributed by atoms with E-state index in [4.69, 9.17) is 9.47 Å². The zero-order valence-corrected chi connectivity index (χ0v) is 16.7. The lowest BCUT2D eigenvalue weighted by Gasteiger charge is -2.40. The van der Waals surface area contributed by atoms with Crippen molar-refractivity contribution in [2.75, 3.05) is 13.2 Å². The molecule has 0 aliphatic carbocycles. The largest absolute Gasteiger partial charge is 0.494 e. The Morgan fingerprint density at radius 3 is 2.32 bits per heavy atom. The molecule has 0 bridgehead atoms. The average molecular weight is 435 g/mol. The summed E-state index contributed by atoms with van der Waals surface area (Å²) < 4.78 is 39.7. The summed E-state index contributed by atoms with van der Waals surface area (Å²) in [5.74, 6) is -1.60. The molecule has 9 heteroatoms. The van der Waals surface area contributed by atoms with Gasteiger partial charge in [0.1, 0.15) is 47.9 Å². The third-order valence-electron chi connectivity index (χ3n) is 5.26. The van der Waals surface area contributed by atoms with Gasteiger partial charge >= 0.3 is 0 Å². The highest BCUT2D eigenvalue weighted by molar-refractivity contribution is 5.45. The summed E-state index contributed by atoms with van der Waals surface area (Å²) in [6.07, 6.45) is -7.09. The molecule has 4 N–H and O–H groups in total. The van der Waals surface area contributed by atoms with Crippen LogP contribution in [0.5, 0.6) is 5.75 Å². The number of aliphatic hydroxyl groups excluding tert-OH is 4. The second-order valence-electron chi connectivity index (χ2n) is 7.25. The van der Waals surface area contributed by atoms with Crippen molar-refractivity contribution in [3.05, 3.63) is 64.2 Å². The van der Waals surface area contributed by atoms with Crippen molar-refractivity contribution >= 4 is 0 Å². The van der Waals surface area contributed by atoms with E-state index < -0.39 is 48.8 Å². The number of ether oxygens (including phenoxy) is 2. The first-order chi connectivity index (χ1) is 14.8. The maximum absolute atomic E-state index is 14.5. The summed E-state index contributed by atoms with van der Waals surface area (Å²) in [6, 6.07) is 8.42. The number of nitriles is 1. The van der Waals surface area contributed by atoms with Crippen LogP contribution in [0.2, 0.25) is 0 Å². The van der Waals surface area contributed by atoms with Crippen LogP contribution >= 0.6 is 0 Å². The predicted molar refractivity (Wildman–Crippen MR) is 104 cm³/mol. The Morgan fingerprint density at radius 1 is 1.06 bits per heavy atom. The number of rotatable bonds is 6. The molecule has 7 nitrogen and oxygen atoms in total. The van der Waals surface area contributed by atoms with E-state index >= 15 is 0 Å². The fraction of sp³-hybridized carbons (Fsp3) is 0.409. The first-order valence-corrected chi connectivity index (χ1v) is 9.74. The Bertz CT molecular complexity index is 954. The van der Waals surface area contributed by atoms with Crippen molar-refractivity contribution in [3.8, 4) is 11.8 Å². The van der Waals surface area contributed by atoms with Crippen molar-refractivity contribution in [2.45, 2.75) is 43.9 Å². The van der Waals surface area contributed by atoms with Gasteiger partial charge in [-0.15, -0.1) is 0 Å². The van der Waals surface area contributed by atoms with E-state index in [1.807, 2.05) is 6.07 Å². The van der Waals surface area contributed by atoms with E-state index in [-0.39, 0.29) is 35.5 Å². The number of aliphatic hydroxyl groups is 4. The topological polar surface area (TPSA) is 123 Å². The molecule has 166 valence electrons. The molecule has 0 unspecified atom stereocenters. The molecule has 0 saturated carbocycles. The van der Waals surface area contributed by atoms with E-state index in [1.165, 1.54) is 18.2 Å². The smallest absolute Gasteiger partial charge is 0.133 e. The first kappa shape index (κ1) is 23.1. The summed E-state index contributed by atoms with van der Waals surface area (Å²) in [5, 5.41) is 49.1. The van der Waals surface area contributed by atoms with Crippen molar-refractivity contribution in [1.82, 2.24) is 0 Å². The average Bonchev–Trinajstić information content (AvgIpc) is 2.75. The van der Waals surface area contributed by atoms with Gasteiger partial charge in [-0.2, -0.15) is 5.26 Å². The molecule has 0 spiro atoms. The standard InChI is InChI=1S/C22H23F2NO6/c1-2-30-14-7-16(23)15(17(24)8-14)6-13-5-11(3-4-12(13)9-25)22-21(29)20(28)19(27)18(10-26)31-22/h3-5,7-8,18-22,26-29H,2,6,10H2,1H3/t18-,19-,20+,21-,22+/m1/s1. The lowest BCUT2D eigenvalue weighted by molar-refractivity contribution is -0.231. The number of hydrogen-bond acceptors (Lipinski definition) is 7. The quantitative estimate of drug-likeness (QED) is 0.540. The van der Waals surface area contributed by atoms with Crippen molar-refractivity contribution in [2.24, 2.45) is 0 Å². The van der Waals surface area contributed by atoms with Crippen molar-refractivity contribution in [3.63, 3.8) is 0 Å². The Labute approximate surface area is 177 Å². The van der Waals surface area contributed by atoms with Gasteiger partial charge < -0.3 is 29.9 Å². The van der Waals surface area contributed by atoms with Gasteiger partial charge in [-0.3, -0.25) is 0 Å². The van der Waals surface area contributed by atoms with Crippen LogP contribution in [0.4, 0.5) is 8.78 Å². The van der Waals surface area contributed by atoms with Crippen LogP contribution < -0.4 is 4.74 Å². The first-order valence-electron chi connectivity index (χ1n) is 9.74. The maximum Gasteiger partial charge on any atom is 0.133 e. The minimum Gasteiger partial charge on any atom is -0.494 e. The Hall–Kier alpha value is -2.61. The van der Waals surface area contributed by atoms with E-state index in [1.54, 1.807) is 6.92 Å². The second-order valence-corrected chi connectivity index (χ2v) is 7.25. The fourth-order valence-corrected chi connectivity index (χ4v) is 3.61. The molecule has 0 amide bonds. The van der Waals surface area contributed by atoms with Gasteiger partial charge in [-0.05, 0) is 24.1 Å². The highest BCUT2D eigenvalue weighted by Crippen LogP contribution is 2.34. The number of hydrogen-bond donors (Lipinski definition) is 4. The monoisotopic (exact) mass is 435 g/mol. The van der Waals surface area contributed by atoms with Crippen LogP contribution in [0.25, 0.3) is 0 Å². The van der Waals surface area contributed by atoms with Gasteiger partial charge in [-0.25, -0.2) is 8.78 Å². The molecule has 2 aromatic carbocycles. The Balaban J connectivity index is 1.96. The Kier molecular flexibility index (Phi) is 7.20. The summed E-state index contributed by atoms with van der Waals surface area (Å²) >= 11 is 0. The van der Waals surface area contributed by atoms with Crippen molar-refractivity contribution < 1.29 is 38.7 Å². The second kappa shape index (κ2) is 9.68. The fourth-order valence-electron chi connectivity index (χ4n) is 3.61. The highest BCUT2D eigenvalue weighted by atomic mass is 19.1. The molecule has 0 radical (unpaired) electrons. The van der Waals surface area contributed by atoms with E-state index in [9.17, 15) is 34.5 Å². The number of halogens is 2. The van der Waals surface area contributed by atoms with E-state index in [0.717, 1.165) is 12.1 Å². The van der Waals surface area contributed by atoms with Crippen LogP contribution in [0.3, 0.4) is 0 Å². The number of nitrogens with zero attached hydrogens (tertiary/aromatic N) is 1. The van der Waals surface area contributed by atoms with Gasteiger partial charge in [0.05, 0.1) is 24.8 Å². The molecule has 0 aromatic heterocycles.